The third-order valence-corrected chi connectivity index (χ3v) is 3.28. The molecule has 0 aliphatic heterocycles. The Kier molecular flexibility index (Phi) is 1.91. The minimum absolute atomic E-state index is 1.33. The number of fused-ring (bicyclic) bond motifs is 1. The fourth-order valence-electron chi connectivity index (χ4n) is 2.18. The predicted octanol–water partition coefficient (Wildman–Crippen LogP) is 3.41. The van der Waals surface area contributed by atoms with Crippen LogP contribution in [0.2, 0.25) is 0 Å². The summed E-state index contributed by atoms with van der Waals surface area (Å²) in [4.78, 5) is 0. The molecule has 14 heavy (non-hydrogen) atoms. The van der Waals surface area contributed by atoms with E-state index in [9.17, 15) is 0 Å². The van der Waals surface area contributed by atoms with Gasteiger partial charge >= 0.3 is 0 Å². The number of rotatable bonds is 0. The first-order valence-corrected chi connectivity index (χ1v) is 5.05. The second-order valence-electron chi connectivity index (χ2n) is 4.24. The molecule has 1 aromatic heterocycles. The second-order valence-corrected chi connectivity index (χ2v) is 4.24. The van der Waals surface area contributed by atoms with Gasteiger partial charge in [0.25, 0.3) is 0 Å². The van der Waals surface area contributed by atoms with Gasteiger partial charge < -0.3 is 4.57 Å². The van der Waals surface area contributed by atoms with Crippen LogP contribution in [0.1, 0.15) is 22.4 Å². The second kappa shape index (κ2) is 2.88. The van der Waals surface area contributed by atoms with E-state index < -0.39 is 0 Å². The van der Waals surface area contributed by atoms with Crippen molar-refractivity contribution in [2.45, 2.75) is 27.7 Å². The van der Waals surface area contributed by atoms with Crippen molar-refractivity contribution in [1.82, 2.24) is 4.57 Å². The Bertz CT molecular complexity index is 504. The summed E-state index contributed by atoms with van der Waals surface area (Å²) >= 11 is 0. The topological polar surface area (TPSA) is 4.93 Å². The summed E-state index contributed by atoms with van der Waals surface area (Å²) < 4.78 is 2.28. The van der Waals surface area contributed by atoms with Crippen LogP contribution < -0.4 is 0 Å². The molecule has 0 fully saturated rings. The molecule has 74 valence electrons. The number of aryl methyl sites for hydroxylation is 5. The van der Waals surface area contributed by atoms with Gasteiger partial charge in [-0.3, -0.25) is 0 Å². The van der Waals surface area contributed by atoms with E-state index in [0.29, 0.717) is 0 Å². The summed E-state index contributed by atoms with van der Waals surface area (Å²) in [5.74, 6) is 0. The van der Waals surface area contributed by atoms with Crippen LogP contribution in [0.5, 0.6) is 0 Å². The SMILES string of the molecule is Cc1cc(C)c2cc(C)n(C)c2c1C. The zero-order valence-corrected chi connectivity index (χ0v) is 9.60. The van der Waals surface area contributed by atoms with Gasteiger partial charge in [0.2, 0.25) is 0 Å². The Morgan fingerprint density at radius 1 is 0.929 bits per heavy atom. The minimum Gasteiger partial charge on any atom is -0.348 e. The molecule has 0 saturated heterocycles. The molecular formula is C13H17N. The summed E-state index contributed by atoms with van der Waals surface area (Å²) in [7, 11) is 2.14. The van der Waals surface area contributed by atoms with E-state index in [2.05, 4.69) is 51.4 Å². The van der Waals surface area contributed by atoms with Crippen molar-refractivity contribution in [1.29, 1.82) is 0 Å². The molecule has 1 aromatic carbocycles. The fourth-order valence-corrected chi connectivity index (χ4v) is 2.18. The van der Waals surface area contributed by atoms with Crippen LogP contribution in [0.4, 0.5) is 0 Å². The highest BCUT2D eigenvalue weighted by molar-refractivity contribution is 5.88. The number of hydrogen-bond acceptors (Lipinski definition) is 0. The molecule has 0 bridgehead atoms. The molecule has 0 atom stereocenters. The van der Waals surface area contributed by atoms with Crippen molar-refractivity contribution < 1.29 is 0 Å². The van der Waals surface area contributed by atoms with Crippen LogP contribution in [-0.2, 0) is 7.05 Å². The van der Waals surface area contributed by atoms with Crippen LogP contribution >= 0.6 is 0 Å². The van der Waals surface area contributed by atoms with Crippen molar-refractivity contribution in [3.63, 3.8) is 0 Å². The van der Waals surface area contributed by atoms with Crippen molar-refractivity contribution in [3.8, 4) is 0 Å². The zero-order valence-electron chi connectivity index (χ0n) is 9.60. The van der Waals surface area contributed by atoms with E-state index in [0.717, 1.165) is 0 Å². The molecule has 1 heterocycles. The lowest BCUT2D eigenvalue weighted by Crippen LogP contribution is -1.94. The maximum atomic E-state index is 2.28. The Morgan fingerprint density at radius 2 is 1.57 bits per heavy atom. The van der Waals surface area contributed by atoms with Crippen LogP contribution in [0.25, 0.3) is 10.9 Å². The average Bonchev–Trinajstić information content (AvgIpc) is 2.41. The van der Waals surface area contributed by atoms with Gasteiger partial charge in [-0.1, -0.05) is 6.07 Å². The van der Waals surface area contributed by atoms with E-state index in [-0.39, 0.29) is 0 Å². The quantitative estimate of drug-likeness (QED) is 0.595. The lowest BCUT2D eigenvalue weighted by molar-refractivity contribution is 0.913. The monoisotopic (exact) mass is 187 g/mol. The fraction of sp³-hybridized carbons (Fsp3) is 0.385. The molecule has 1 heteroatoms. The first-order chi connectivity index (χ1) is 6.52. The van der Waals surface area contributed by atoms with Gasteiger partial charge in [0.15, 0.2) is 0 Å². The van der Waals surface area contributed by atoms with Crippen LogP contribution in [0.15, 0.2) is 12.1 Å². The Morgan fingerprint density at radius 3 is 2.21 bits per heavy atom. The van der Waals surface area contributed by atoms with Gasteiger partial charge in [-0.05, 0) is 50.5 Å². The Balaban J connectivity index is 3.03. The molecule has 1 nitrogen and oxygen atoms in total. The van der Waals surface area contributed by atoms with Gasteiger partial charge in [0.1, 0.15) is 0 Å². The highest BCUT2D eigenvalue weighted by Crippen LogP contribution is 2.27. The molecule has 0 amide bonds. The predicted molar refractivity (Wildman–Crippen MR) is 61.9 cm³/mol. The largest absolute Gasteiger partial charge is 0.348 e. The summed E-state index contributed by atoms with van der Waals surface area (Å²) in [5, 5.41) is 1.40. The van der Waals surface area contributed by atoms with E-state index in [1.807, 2.05) is 0 Å². The van der Waals surface area contributed by atoms with Crippen molar-refractivity contribution in [2.24, 2.45) is 7.05 Å². The molecule has 0 aliphatic carbocycles. The molecule has 0 spiro atoms. The third kappa shape index (κ3) is 1.08. The molecule has 0 saturated carbocycles. The van der Waals surface area contributed by atoms with Crippen LogP contribution in [0, 0.1) is 27.7 Å². The van der Waals surface area contributed by atoms with Crippen molar-refractivity contribution >= 4 is 10.9 Å². The highest BCUT2D eigenvalue weighted by atomic mass is 14.9. The lowest BCUT2D eigenvalue weighted by Gasteiger charge is -2.07. The number of nitrogens with zero attached hydrogens (tertiary/aromatic N) is 1. The standard InChI is InChI=1S/C13H17N/c1-8-6-9(2)12-7-10(3)14(5)13(12)11(8)4/h6-7H,1-5H3. The lowest BCUT2D eigenvalue weighted by atomic mass is 10.0. The molecule has 0 aliphatic rings. The van der Waals surface area contributed by atoms with Crippen molar-refractivity contribution in [2.75, 3.05) is 0 Å². The number of benzene rings is 1. The number of hydrogen-bond donors (Lipinski definition) is 0. The Hall–Kier alpha value is -1.24. The van der Waals surface area contributed by atoms with Gasteiger partial charge in [-0.25, -0.2) is 0 Å². The van der Waals surface area contributed by atoms with Gasteiger partial charge in [0, 0.05) is 18.1 Å². The van der Waals surface area contributed by atoms with E-state index >= 15 is 0 Å². The van der Waals surface area contributed by atoms with Gasteiger partial charge in [0.05, 0.1) is 5.52 Å². The molecule has 2 rings (SSSR count). The van der Waals surface area contributed by atoms with E-state index in [4.69, 9.17) is 0 Å². The molecule has 0 unspecified atom stereocenters. The normalized spacial score (nSPS) is 11.2. The maximum Gasteiger partial charge on any atom is 0.0514 e. The van der Waals surface area contributed by atoms with Gasteiger partial charge in [-0.15, -0.1) is 0 Å². The minimum atomic E-state index is 1.33. The first-order valence-electron chi connectivity index (χ1n) is 5.05. The summed E-state index contributed by atoms with van der Waals surface area (Å²) in [6, 6.07) is 4.55. The van der Waals surface area contributed by atoms with E-state index in [1.165, 1.54) is 33.3 Å². The van der Waals surface area contributed by atoms with Crippen molar-refractivity contribution in [3.05, 3.63) is 34.5 Å². The molecule has 2 aromatic rings. The van der Waals surface area contributed by atoms with E-state index in [1.54, 1.807) is 0 Å². The van der Waals surface area contributed by atoms with Crippen LogP contribution in [0.3, 0.4) is 0 Å². The van der Waals surface area contributed by atoms with Gasteiger partial charge in [-0.2, -0.15) is 0 Å². The first kappa shape index (κ1) is 9.32. The Labute approximate surface area is 85.4 Å². The average molecular weight is 187 g/mol. The molecular weight excluding hydrogens is 170 g/mol. The zero-order chi connectivity index (χ0) is 10.5. The smallest absolute Gasteiger partial charge is 0.0514 e. The molecule has 0 N–H and O–H groups in total. The number of aromatic nitrogens is 1. The highest BCUT2D eigenvalue weighted by Gasteiger charge is 2.09. The van der Waals surface area contributed by atoms with Crippen LogP contribution in [-0.4, -0.2) is 4.57 Å². The molecule has 0 radical (unpaired) electrons. The summed E-state index contributed by atoms with van der Waals surface area (Å²) in [6.45, 7) is 8.74. The maximum absolute atomic E-state index is 2.28. The summed E-state index contributed by atoms with van der Waals surface area (Å²) in [6.07, 6.45) is 0. The summed E-state index contributed by atoms with van der Waals surface area (Å²) in [5.41, 5.74) is 6.89. The third-order valence-electron chi connectivity index (χ3n) is 3.28.